The lowest BCUT2D eigenvalue weighted by Crippen LogP contribution is -2.24. The quantitative estimate of drug-likeness (QED) is 0.874. The molecule has 3 rings (SSSR count). The zero-order valence-electron chi connectivity index (χ0n) is 13.5. The van der Waals surface area contributed by atoms with Gasteiger partial charge >= 0.3 is 0 Å². The van der Waals surface area contributed by atoms with E-state index in [9.17, 15) is 0 Å². The van der Waals surface area contributed by atoms with Crippen LogP contribution in [-0.2, 0) is 11.2 Å². The molecule has 4 nitrogen and oxygen atoms in total. The highest BCUT2D eigenvalue weighted by atomic mass is 16.5. The Hall–Kier alpha value is -1.00. The standard InChI is InChI=1S/C17H27N3O/c1-11(9-18-15-4-5-15)17-12(2)19-16(20-13(17)3)8-14-6-7-21-10-14/h11,14-15,18H,4-10H2,1-3H3. The largest absolute Gasteiger partial charge is 0.381 e. The van der Waals surface area contributed by atoms with E-state index < -0.39 is 0 Å². The number of rotatable bonds is 6. The van der Waals surface area contributed by atoms with E-state index in [2.05, 4.69) is 26.1 Å². The minimum Gasteiger partial charge on any atom is -0.381 e. The second-order valence-electron chi connectivity index (χ2n) is 6.74. The summed E-state index contributed by atoms with van der Waals surface area (Å²) in [7, 11) is 0. The number of nitrogens with zero attached hydrogens (tertiary/aromatic N) is 2. The molecule has 4 heteroatoms. The van der Waals surface area contributed by atoms with Gasteiger partial charge in [-0.1, -0.05) is 6.92 Å². The van der Waals surface area contributed by atoms with Gasteiger partial charge in [-0.15, -0.1) is 0 Å². The van der Waals surface area contributed by atoms with Gasteiger partial charge in [0.1, 0.15) is 5.82 Å². The first kappa shape index (κ1) is 14.9. The van der Waals surface area contributed by atoms with Gasteiger partial charge in [-0.2, -0.15) is 0 Å². The van der Waals surface area contributed by atoms with E-state index in [-0.39, 0.29) is 0 Å². The lowest BCUT2D eigenvalue weighted by Gasteiger charge is -2.18. The number of nitrogens with one attached hydrogen (secondary N) is 1. The van der Waals surface area contributed by atoms with Crippen LogP contribution in [0.2, 0.25) is 0 Å². The molecule has 0 amide bonds. The van der Waals surface area contributed by atoms with E-state index in [1.807, 2.05) is 0 Å². The number of ether oxygens (including phenoxy) is 1. The van der Waals surface area contributed by atoms with E-state index >= 15 is 0 Å². The number of aryl methyl sites for hydroxylation is 2. The predicted octanol–water partition coefficient (Wildman–Crippen LogP) is 2.53. The summed E-state index contributed by atoms with van der Waals surface area (Å²) in [5.41, 5.74) is 3.64. The van der Waals surface area contributed by atoms with Crippen molar-refractivity contribution >= 4 is 0 Å². The van der Waals surface area contributed by atoms with E-state index in [1.165, 1.54) is 18.4 Å². The fourth-order valence-electron chi connectivity index (χ4n) is 3.33. The molecular formula is C17H27N3O. The number of hydrogen-bond donors (Lipinski definition) is 1. The second-order valence-corrected chi connectivity index (χ2v) is 6.74. The molecule has 21 heavy (non-hydrogen) atoms. The van der Waals surface area contributed by atoms with Crippen molar-refractivity contribution in [2.24, 2.45) is 5.92 Å². The minimum absolute atomic E-state index is 0.481. The van der Waals surface area contributed by atoms with Crippen molar-refractivity contribution in [3.05, 3.63) is 22.8 Å². The third-order valence-corrected chi connectivity index (χ3v) is 4.65. The van der Waals surface area contributed by atoms with Crippen molar-refractivity contribution in [3.8, 4) is 0 Å². The van der Waals surface area contributed by atoms with Crippen LogP contribution in [0.15, 0.2) is 0 Å². The summed E-state index contributed by atoms with van der Waals surface area (Å²) in [4.78, 5) is 9.53. The number of hydrogen-bond acceptors (Lipinski definition) is 4. The molecule has 2 unspecified atom stereocenters. The van der Waals surface area contributed by atoms with Gasteiger partial charge in [-0.25, -0.2) is 9.97 Å². The molecule has 0 bridgehead atoms. The zero-order chi connectivity index (χ0) is 14.8. The van der Waals surface area contributed by atoms with Crippen LogP contribution in [0.25, 0.3) is 0 Å². The van der Waals surface area contributed by atoms with Crippen LogP contribution in [0.5, 0.6) is 0 Å². The molecule has 0 spiro atoms. The summed E-state index contributed by atoms with van der Waals surface area (Å²) in [5, 5.41) is 3.61. The van der Waals surface area contributed by atoms with Crippen molar-refractivity contribution in [1.29, 1.82) is 0 Å². The molecule has 1 saturated heterocycles. The molecule has 0 aromatic carbocycles. The van der Waals surface area contributed by atoms with E-state index in [4.69, 9.17) is 14.7 Å². The van der Waals surface area contributed by atoms with Gasteiger partial charge in [-0.3, -0.25) is 0 Å². The van der Waals surface area contributed by atoms with Gasteiger partial charge in [0.2, 0.25) is 0 Å². The van der Waals surface area contributed by atoms with Gasteiger partial charge in [0.05, 0.1) is 0 Å². The van der Waals surface area contributed by atoms with Crippen molar-refractivity contribution in [2.75, 3.05) is 19.8 Å². The normalized spacial score (nSPS) is 23.5. The SMILES string of the molecule is Cc1nc(CC2CCOC2)nc(C)c1C(C)CNC1CC1. The lowest BCUT2D eigenvalue weighted by atomic mass is 9.97. The molecule has 2 fully saturated rings. The Morgan fingerprint density at radius 3 is 2.48 bits per heavy atom. The van der Waals surface area contributed by atoms with Gasteiger partial charge in [0.15, 0.2) is 0 Å². The maximum atomic E-state index is 5.45. The van der Waals surface area contributed by atoms with Crippen LogP contribution < -0.4 is 5.32 Å². The average Bonchev–Trinajstić information content (AvgIpc) is 3.12. The summed E-state index contributed by atoms with van der Waals surface area (Å²) in [6, 6.07) is 0.760. The molecular weight excluding hydrogens is 262 g/mol. The molecule has 0 radical (unpaired) electrons. The summed E-state index contributed by atoms with van der Waals surface area (Å²) < 4.78 is 5.45. The first-order valence-electron chi connectivity index (χ1n) is 8.28. The molecule has 1 aliphatic carbocycles. The number of aromatic nitrogens is 2. The Labute approximate surface area is 127 Å². The molecule has 1 aliphatic heterocycles. The molecule has 116 valence electrons. The topological polar surface area (TPSA) is 47.0 Å². The highest BCUT2D eigenvalue weighted by Gasteiger charge is 2.23. The predicted molar refractivity (Wildman–Crippen MR) is 83.6 cm³/mol. The highest BCUT2D eigenvalue weighted by molar-refractivity contribution is 5.28. The summed E-state index contributed by atoms with van der Waals surface area (Å²) in [5.74, 6) is 2.07. The fourth-order valence-corrected chi connectivity index (χ4v) is 3.33. The van der Waals surface area contributed by atoms with Crippen LogP contribution in [0.4, 0.5) is 0 Å². The lowest BCUT2D eigenvalue weighted by molar-refractivity contribution is 0.185. The Balaban J connectivity index is 1.68. The summed E-state index contributed by atoms with van der Waals surface area (Å²) in [6.07, 6.45) is 4.77. The first-order chi connectivity index (χ1) is 10.1. The van der Waals surface area contributed by atoms with Crippen molar-refractivity contribution in [3.63, 3.8) is 0 Å². The second kappa shape index (κ2) is 6.41. The van der Waals surface area contributed by atoms with Crippen LogP contribution >= 0.6 is 0 Å². The van der Waals surface area contributed by atoms with E-state index in [0.29, 0.717) is 11.8 Å². The molecule has 1 N–H and O–H groups in total. The molecule has 1 aromatic heterocycles. The third kappa shape index (κ3) is 3.80. The molecule has 2 atom stereocenters. The third-order valence-electron chi connectivity index (χ3n) is 4.65. The van der Waals surface area contributed by atoms with E-state index in [0.717, 1.165) is 55.9 Å². The smallest absolute Gasteiger partial charge is 0.129 e. The Bertz CT molecular complexity index is 470. The van der Waals surface area contributed by atoms with E-state index in [1.54, 1.807) is 0 Å². The van der Waals surface area contributed by atoms with Crippen LogP contribution in [-0.4, -0.2) is 35.8 Å². The highest BCUT2D eigenvalue weighted by Crippen LogP contribution is 2.25. The van der Waals surface area contributed by atoms with Crippen molar-refractivity contribution < 1.29 is 4.74 Å². The maximum Gasteiger partial charge on any atom is 0.129 e. The molecule has 1 aromatic rings. The summed E-state index contributed by atoms with van der Waals surface area (Å²) in [6.45, 7) is 9.33. The minimum atomic E-state index is 0.481. The van der Waals surface area contributed by atoms with Crippen molar-refractivity contribution in [2.45, 2.75) is 58.4 Å². The van der Waals surface area contributed by atoms with Gasteiger partial charge < -0.3 is 10.1 Å². The first-order valence-corrected chi connectivity index (χ1v) is 8.28. The molecule has 1 saturated carbocycles. The molecule has 2 aliphatic rings. The van der Waals surface area contributed by atoms with Crippen molar-refractivity contribution in [1.82, 2.24) is 15.3 Å². The molecule has 2 heterocycles. The Kier molecular flexibility index (Phi) is 4.55. The zero-order valence-corrected chi connectivity index (χ0v) is 13.5. The Morgan fingerprint density at radius 2 is 1.90 bits per heavy atom. The average molecular weight is 289 g/mol. The van der Waals surface area contributed by atoms with Gasteiger partial charge in [0, 0.05) is 43.6 Å². The van der Waals surface area contributed by atoms with Gasteiger partial charge in [-0.05, 0) is 50.5 Å². The summed E-state index contributed by atoms with van der Waals surface area (Å²) >= 11 is 0. The van der Waals surface area contributed by atoms with Gasteiger partial charge in [0.25, 0.3) is 0 Å². The van der Waals surface area contributed by atoms with Crippen LogP contribution in [0.3, 0.4) is 0 Å². The van der Waals surface area contributed by atoms with Crippen LogP contribution in [0, 0.1) is 19.8 Å². The monoisotopic (exact) mass is 289 g/mol. The van der Waals surface area contributed by atoms with Crippen LogP contribution in [0.1, 0.15) is 54.9 Å². The fraction of sp³-hybridized carbons (Fsp3) is 0.765. The Morgan fingerprint density at radius 1 is 1.19 bits per heavy atom. The maximum absolute atomic E-state index is 5.45.